The molecule has 1 saturated heterocycles. The highest BCUT2D eigenvalue weighted by atomic mass is 16.8. The van der Waals surface area contributed by atoms with E-state index in [1.165, 1.54) is 0 Å². The molecule has 0 radical (unpaired) electrons. The van der Waals surface area contributed by atoms with Gasteiger partial charge in [0.15, 0.2) is 5.60 Å². The molecule has 1 amide bonds. The quantitative estimate of drug-likeness (QED) is 0.112. The summed E-state index contributed by atoms with van der Waals surface area (Å²) in [5, 5.41) is 2.87. The van der Waals surface area contributed by atoms with E-state index in [-0.39, 0.29) is 32.3 Å². The van der Waals surface area contributed by atoms with Gasteiger partial charge in [-0.3, -0.25) is 4.79 Å². The minimum absolute atomic E-state index is 0.158. The van der Waals surface area contributed by atoms with Gasteiger partial charge in [0.1, 0.15) is 24.1 Å². The van der Waals surface area contributed by atoms with Gasteiger partial charge < -0.3 is 33.7 Å². The first-order valence-corrected chi connectivity index (χ1v) is 20.0. The number of hydrogen-bond donors (Lipinski definition) is 1. The number of benzene rings is 6. The molecule has 6 aromatic carbocycles. The Morgan fingerprint density at radius 1 is 0.638 bits per heavy atom. The molecule has 2 aliphatic rings. The third-order valence-corrected chi connectivity index (χ3v) is 11.0. The van der Waals surface area contributed by atoms with E-state index < -0.39 is 29.7 Å². The van der Waals surface area contributed by atoms with Crippen molar-refractivity contribution in [2.24, 2.45) is 0 Å². The highest BCUT2D eigenvalue weighted by Gasteiger charge is 2.71. The summed E-state index contributed by atoms with van der Waals surface area (Å²) in [6, 6.07) is 55.7. The van der Waals surface area contributed by atoms with Gasteiger partial charge in [0.2, 0.25) is 5.79 Å². The average Bonchev–Trinajstić information content (AvgIpc) is 3.29. The topological polar surface area (TPSA) is 84.5 Å². The predicted molar refractivity (Wildman–Crippen MR) is 222 cm³/mol. The smallest absolute Gasteiger partial charge is 0.251 e. The summed E-state index contributed by atoms with van der Waals surface area (Å²) in [5.74, 6) is -1.13. The molecule has 1 spiro atoms. The van der Waals surface area contributed by atoms with Crippen molar-refractivity contribution in [3.63, 3.8) is 0 Å². The lowest BCUT2D eigenvalue weighted by Gasteiger charge is -2.60. The van der Waals surface area contributed by atoms with Crippen molar-refractivity contribution in [2.75, 3.05) is 13.7 Å². The predicted octanol–water partition coefficient (Wildman–Crippen LogP) is 8.97. The van der Waals surface area contributed by atoms with Crippen LogP contribution >= 0.6 is 0 Å². The van der Waals surface area contributed by atoms with Crippen LogP contribution in [0, 0.1) is 0 Å². The molecule has 8 heteroatoms. The fraction of sp³-hybridized carbons (Fsp3) is 0.260. The second kappa shape index (κ2) is 18.3. The molecular formula is C50H49NO7. The van der Waals surface area contributed by atoms with Gasteiger partial charge in [-0.25, -0.2) is 0 Å². The summed E-state index contributed by atoms with van der Waals surface area (Å²) in [4.78, 5) is 14.0. The van der Waals surface area contributed by atoms with Gasteiger partial charge in [0.05, 0.1) is 33.0 Å². The van der Waals surface area contributed by atoms with Crippen molar-refractivity contribution < 1.29 is 33.2 Å². The van der Waals surface area contributed by atoms with Crippen LogP contribution in [0.25, 0.3) is 0 Å². The summed E-state index contributed by atoms with van der Waals surface area (Å²) in [7, 11) is 1.63. The van der Waals surface area contributed by atoms with E-state index in [2.05, 4.69) is 11.4 Å². The van der Waals surface area contributed by atoms with Gasteiger partial charge in [0, 0.05) is 24.6 Å². The molecule has 296 valence electrons. The van der Waals surface area contributed by atoms with E-state index in [4.69, 9.17) is 28.4 Å². The first-order chi connectivity index (χ1) is 28.6. The zero-order chi connectivity index (χ0) is 39.6. The number of rotatable bonds is 15. The van der Waals surface area contributed by atoms with Gasteiger partial charge in [0.25, 0.3) is 5.91 Å². The minimum atomic E-state index is -1.59. The molecule has 8 rings (SSSR count). The summed E-state index contributed by atoms with van der Waals surface area (Å²) < 4.78 is 43.2. The van der Waals surface area contributed by atoms with Crippen LogP contribution in [-0.4, -0.2) is 43.7 Å². The summed E-state index contributed by atoms with van der Waals surface area (Å²) in [5.41, 5.74) is 4.36. The van der Waals surface area contributed by atoms with Crippen LogP contribution in [0.3, 0.4) is 0 Å². The van der Waals surface area contributed by atoms with Crippen LogP contribution in [0.4, 0.5) is 0 Å². The van der Waals surface area contributed by atoms with Crippen molar-refractivity contribution in [1.82, 2.24) is 5.32 Å². The Bertz CT molecular complexity index is 2220. The van der Waals surface area contributed by atoms with Gasteiger partial charge in [-0.15, -0.1) is 0 Å². The first kappa shape index (κ1) is 39.2. The Hall–Kier alpha value is -5.61. The molecular weight excluding hydrogens is 727 g/mol. The van der Waals surface area contributed by atoms with Crippen molar-refractivity contribution in [2.45, 2.75) is 69.0 Å². The zero-order valence-electron chi connectivity index (χ0n) is 32.7. The SMILES string of the molecule is CNC(=O)c1ccccc1[C@]1(OCc2ccccc2)[C@@H](OCc2ccccc2)[C@H](OCc2ccccc2)[C@@H](COCc2ccccc2)O[C@@]12CCc1ccccc1O2. The van der Waals surface area contributed by atoms with E-state index >= 15 is 0 Å². The van der Waals surface area contributed by atoms with E-state index in [0.29, 0.717) is 36.3 Å². The second-order valence-electron chi connectivity index (χ2n) is 14.7. The number of carbonyl (C=O) groups excluding carboxylic acids is 1. The molecule has 1 fully saturated rings. The normalized spacial score (nSPS) is 22.5. The first-order valence-electron chi connectivity index (χ1n) is 20.0. The fourth-order valence-corrected chi connectivity index (χ4v) is 8.19. The molecule has 1 N–H and O–H groups in total. The lowest BCUT2D eigenvalue weighted by molar-refractivity contribution is -0.411. The van der Waals surface area contributed by atoms with Crippen molar-refractivity contribution >= 4 is 5.91 Å². The minimum Gasteiger partial charge on any atom is -0.458 e. The van der Waals surface area contributed by atoms with Gasteiger partial charge in [-0.2, -0.15) is 0 Å². The number of nitrogens with one attached hydrogen (secondary N) is 1. The Morgan fingerprint density at radius 3 is 1.81 bits per heavy atom. The maximum atomic E-state index is 14.0. The average molecular weight is 776 g/mol. The third-order valence-electron chi connectivity index (χ3n) is 11.0. The van der Waals surface area contributed by atoms with Crippen LogP contribution in [0.1, 0.15) is 50.2 Å². The highest BCUT2D eigenvalue weighted by Crippen LogP contribution is 2.56. The molecule has 0 bridgehead atoms. The molecule has 5 atom stereocenters. The van der Waals surface area contributed by atoms with Crippen LogP contribution in [0.5, 0.6) is 5.75 Å². The summed E-state index contributed by atoms with van der Waals surface area (Å²) >= 11 is 0. The fourth-order valence-electron chi connectivity index (χ4n) is 8.19. The molecule has 0 aliphatic carbocycles. The van der Waals surface area contributed by atoms with Crippen molar-refractivity contribution in [1.29, 1.82) is 0 Å². The molecule has 0 unspecified atom stereocenters. The maximum Gasteiger partial charge on any atom is 0.251 e. The Labute approximate surface area is 340 Å². The summed E-state index contributed by atoms with van der Waals surface area (Å²) in [6.45, 7) is 1.17. The van der Waals surface area contributed by atoms with Crippen LogP contribution in [0.2, 0.25) is 0 Å². The van der Waals surface area contributed by atoms with E-state index in [0.717, 1.165) is 27.8 Å². The molecule has 58 heavy (non-hydrogen) atoms. The van der Waals surface area contributed by atoms with E-state index in [1.54, 1.807) is 7.05 Å². The largest absolute Gasteiger partial charge is 0.458 e. The molecule has 0 aromatic heterocycles. The lowest BCUT2D eigenvalue weighted by Crippen LogP contribution is -2.75. The van der Waals surface area contributed by atoms with Gasteiger partial charge in [-0.1, -0.05) is 158 Å². The third kappa shape index (κ3) is 8.34. The van der Waals surface area contributed by atoms with Crippen molar-refractivity contribution in [3.8, 4) is 5.75 Å². The molecule has 8 nitrogen and oxygen atoms in total. The highest BCUT2D eigenvalue weighted by molar-refractivity contribution is 5.96. The Balaban J connectivity index is 1.34. The number of aryl methyl sites for hydroxylation is 1. The molecule has 6 aromatic rings. The molecule has 2 aliphatic heterocycles. The summed E-state index contributed by atoms with van der Waals surface area (Å²) in [6.07, 6.45) is -1.38. The number of carbonyl (C=O) groups is 1. The van der Waals surface area contributed by atoms with Gasteiger partial charge in [-0.05, 0) is 46.4 Å². The Kier molecular flexibility index (Phi) is 12.4. The zero-order valence-corrected chi connectivity index (χ0v) is 32.7. The number of amides is 1. The van der Waals surface area contributed by atoms with Crippen LogP contribution in [-0.2, 0) is 62.1 Å². The maximum absolute atomic E-state index is 14.0. The number of ether oxygens (including phenoxy) is 6. The van der Waals surface area contributed by atoms with Gasteiger partial charge >= 0.3 is 0 Å². The van der Waals surface area contributed by atoms with Crippen molar-refractivity contribution in [3.05, 3.63) is 209 Å². The van der Waals surface area contributed by atoms with Crippen LogP contribution in [0.15, 0.2) is 170 Å². The van der Waals surface area contributed by atoms with E-state index in [1.807, 2.05) is 164 Å². The lowest BCUT2D eigenvalue weighted by atomic mass is 9.70. The number of hydrogen-bond acceptors (Lipinski definition) is 7. The second-order valence-corrected chi connectivity index (χ2v) is 14.7. The van der Waals surface area contributed by atoms with Crippen LogP contribution < -0.4 is 10.1 Å². The Morgan fingerprint density at radius 2 is 1.17 bits per heavy atom. The molecule has 0 saturated carbocycles. The standard InChI is InChI=1S/C50H49NO7/c1-51-48(52)42-27-15-16-28-43(42)50(56-35-40-24-12-5-13-25-40)47(55-34-39-22-10-4-11-23-39)46(54-33-38-20-8-3-9-21-38)45(36-53-32-37-18-6-2-7-19-37)58-49(50)31-30-41-26-14-17-29-44(41)57-49/h2-29,45-47H,30-36H2,1H3,(H,51,52)/t45-,46-,47+,49+,50+/m1/s1. The van der Waals surface area contributed by atoms with E-state index in [9.17, 15) is 4.79 Å². The molecule has 2 heterocycles. The number of fused-ring (bicyclic) bond motifs is 1. The monoisotopic (exact) mass is 775 g/mol. The number of para-hydroxylation sites is 1.